The van der Waals surface area contributed by atoms with Gasteiger partial charge >= 0.3 is 10.4 Å². The van der Waals surface area contributed by atoms with Crippen LogP contribution in [0.1, 0.15) is 78.6 Å². The molecule has 4 rings (SSSR count). The number of carbonyl (C=O) groups is 1. The molecular formula is C21H34O5S. The number of hydrogen-bond donors (Lipinski definition) is 1. The second-order valence-corrected chi connectivity index (χ2v) is 11.4. The van der Waals surface area contributed by atoms with Crippen molar-refractivity contribution in [1.29, 1.82) is 0 Å². The van der Waals surface area contributed by atoms with Gasteiger partial charge in [0.15, 0.2) is 0 Å². The summed E-state index contributed by atoms with van der Waals surface area (Å²) in [5.74, 6) is 3.12. The van der Waals surface area contributed by atoms with Gasteiger partial charge in [-0.2, -0.15) is 8.42 Å². The summed E-state index contributed by atoms with van der Waals surface area (Å²) < 4.78 is 36.2. The maximum atomic E-state index is 12.2. The van der Waals surface area contributed by atoms with Crippen LogP contribution >= 0.6 is 0 Å². The van der Waals surface area contributed by atoms with E-state index in [4.69, 9.17) is 8.74 Å². The van der Waals surface area contributed by atoms with Gasteiger partial charge in [-0.05, 0) is 99.2 Å². The quantitative estimate of drug-likeness (QED) is 0.712. The first-order valence-corrected chi connectivity index (χ1v) is 12.1. The smallest absolute Gasteiger partial charge is 0.300 e. The van der Waals surface area contributed by atoms with Crippen molar-refractivity contribution in [2.24, 2.45) is 40.4 Å². The highest BCUT2D eigenvalue weighted by Gasteiger charge is 2.60. The Balaban J connectivity index is 1.53. The van der Waals surface area contributed by atoms with Crippen LogP contribution in [0.5, 0.6) is 0 Å². The summed E-state index contributed by atoms with van der Waals surface area (Å²) >= 11 is 0. The molecule has 0 heterocycles. The highest BCUT2D eigenvalue weighted by atomic mass is 32.3. The molecule has 27 heavy (non-hydrogen) atoms. The molecule has 4 aliphatic carbocycles. The van der Waals surface area contributed by atoms with E-state index >= 15 is 0 Å². The Bertz CT molecular complexity index is 718. The lowest BCUT2D eigenvalue weighted by molar-refractivity contribution is -0.137. The van der Waals surface area contributed by atoms with E-state index in [0.717, 1.165) is 32.1 Å². The summed E-state index contributed by atoms with van der Waals surface area (Å²) in [6.07, 6.45) is 8.92. The molecule has 3 unspecified atom stereocenters. The molecule has 4 saturated carbocycles. The fourth-order valence-electron chi connectivity index (χ4n) is 8.15. The zero-order chi connectivity index (χ0) is 19.6. The van der Waals surface area contributed by atoms with Crippen LogP contribution in [0.15, 0.2) is 0 Å². The molecule has 1 N–H and O–H groups in total. The standard InChI is InChI=1S/C21H34O5S/c1-13(22)17-6-7-18-16-5-4-14-12-15(26-27(23,24)25)8-10-20(14,2)19(16)9-11-21(17,18)3/h14-19H,4-12H2,1-3H3,(H,23,24,25)/t14-,15+,16?,17+,18?,19?,20-,21+/m0/s1. The lowest BCUT2D eigenvalue weighted by atomic mass is 9.44. The predicted octanol–water partition coefficient (Wildman–Crippen LogP) is 4.42. The van der Waals surface area contributed by atoms with Crippen LogP contribution in [0, 0.1) is 40.4 Å². The fourth-order valence-corrected chi connectivity index (χ4v) is 8.66. The van der Waals surface area contributed by atoms with E-state index in [0.29, 0.717) is 35.9 Å². The Labute approximate surface area is 163 Å². The third-order valence-corrected chi connectivity index (χ3v) is 9.88. The molecule has 0 spiro atoms. The molecule has 6 heteroatoms. The molecule has 0 aromatic rings. The van der Waals surface area contributed by atoms with Crippen molar-refractivity contribution in [2.45, 2.75) is 84.7 Å². The fraction of sp³-hybridized carbons (Fsp3) is 0.952. The number of rotatable bonds is 3. The van der Waals surface area contributed by atoms with Crippen molar-refractivity contribution in [3.8, 4) is 0 Å². The zero-order valence-corrected chi connectivity index (χ0v) is 17.6. The second kappa shape index (κ2) is 6.53. The molecule has 0 saturated heterocycles. The summed E-state index contributed by atoms with van der Waals surface area (Å²) in [6.45, 7) is 6.57. The number of ketones is 1. The lowest BCUT2D eigenvalue weighted by Crippen LogP contribution is -2.54. The van der Waals surface area contributed by atoms with E-state index < -0.39 is 10.4 Å². The first-order chi connectivity index (χ1) is 12.5. The van der Waals surface area contributed by atoms with E-state index in [2.05, 4.69) is 13.8 Å². The SMILES string of the molecule is CC(=O)[C@H]1CCC2C3CC[C@H]4C[C@H](OS(=O)(=O)O)CC[C@]4(C)C3CC[C@@]21C. The van der Waals surface area contributed by atoms with Gasteiger partial charge < -0.3 is 0 Å². The molecule has 0 radical (unpaired) electrons. The van der Waals surface area contributed by atoms with Crippen molar-refractivity contribution in [3.63, 3.8) is 0 Å². The van der Waals surface area contributed by atoms with Crippen LogP contribution in [0.3, 0.4) is 0 Å². The first kappa shape index (κ1) is 19.8. The Morgan fingerprint density at radius 3 is 2.30 bits per heavy atom. The molecule has 4 aliphatic rings. The first-order valence-electron chi connectivity index (χ1n) is 10.7. The van der Waals surface area contributed by atoms with Gasteiger partial charge in [0.25, 0.3) is 0 Å². The van der Waals surface area contributed by atoms with Crippen LogP contribution in [-0.2, 0) is 19.4 Å². The van der Waals surface area contributed by atoms with Crippen molar-refractivity contribution >= 4 is 16.2 Å². The topological polar surface area (TPSA) is 80.7 Å². The molecule has 0 aromatic heterocycles. The molecular weight excluding hydrogens is 364 g/mol. The van der Waals surface area contributed by atoms with E-state index in [1.165, 1.54) is 19.3 Å². The normalized spacial score (nSPS) is 49.8. The predicted molar refractivity (Wildman–Crippen MR) is 102 cm³/mol. The summed E-state index contributed by atoms with van der Waals surface area (Å²) in [6, 6.07) is 0. The van der Waals surface area contributed by atoms with Gasteiger partial charge in [-0.25, -0.2) is 4.18 Å². The third-order valence-electron chi connectivity index (χ3n) is 9.37. The lowest BCUT2D eigenvalue weighted by Gasteiger charge is -2.61. The molecule has 0 aromatic carbocycles. The molecule has 5 nitrogen and oxygen atoms in total. The summed E-state index contributed by atoms with van der Waals surface area (Å²) in [5.41, 5.74) is 0.416. The highest BCUT2D eigenvalue weighted by Crippen LogP contribution is 2.67. The molecule has 0 aliphatic heterocycles. The Hall–Kier alpha value is -0.460. The number of carbonyl (C=O) groups excluding carboxylic acids is 1. The second-order valence-electron chi connectivity index (χ2n) is 10.4. The average molecular weight is 399 g/mol. The Morgan fingerprint density at radius 2 is 1.63 bits per heavy atom. The van der Waals surface area contributed by atoms with Crippen LogP contribution < -0.4 is 0 Å². The van der Waals surface area contributed by atoms with Gasteiger partial charge in [0.1, 0.15) is 5.78 Å². The number of hydrogen-bond acceptors (Lipinski definition) is 4. The highest BCUT2D eigenvalue weighted by molar-refractivity contribution is 7.80. The number of Topliss-reactive ketones (excluding diaryl/α,β-unsaturated/α-hetero) is 1. The van der Waals surface area contributed by atoms with Crippen LogP contribution in [0.2, 0.25) is 0 Å². The largest absolute Gasteiger partial charge is 0.397 e. The van der Waals surface area contributed by atoms with E-state index in [-0.39, 0.29) is 22.9 Å². The molecule has 8 atom stereocenters. The summed E-state index contributed by atoms with van der Waals surface area (Å²) in [7, 11) is -4.37. The minimum absolute atomic E-state index is 0.182. The number of fused-ring (bicyclic) bond motifs is 5. The van der Waals surface area contributed by atoms with Gasteiger partial charge in [0.05, 0.1) is 6.10 Å². The monoisotopic (exact) mass is 398 g/mol. The molecule has 0 bridgehead atoms. The average Bonchev–Trinajstić information content (AvgIpc) is 2.91. The van der Waals surface area contributed by atoms with Crippen LogP contribution in [0.4, 0.5) is 0 Å². The van der Waals surface area contributed by atoms with Crippen molar-refractivity contribution in [3.05, 3.63) is 0 Å². The van der Waals surface area contributed by atoms with Gasteiger partial charge in [-0.1, -0.05) is 13.8 Å². The van der Waals surface area contributed by atoms with Crippen molar-refractivity contribution in [2.75, 3.05) is 0 Å². The van der Waals surface area contributed by atoms with Crippen LogP contribution in [0.25, 0.3) is 0 Å². The maximum Gasteiger partial charge on any atom is 0.397 e. The van der Waals surface area contributed by atoms with Crippen LogP contribution in [-0.4, -0.2) is 24.9 Å². The third kappa shape index (κ3) is 3.20. The Kier molecular flexibility index (Phi) is 4.80. The maximum absolute atomic E-state index is 12.2. The van der Waals surface area contributed by atoms with Crippen molar-refractivity contribution < 1.29 is 21.9 Å². The molecule has 154 valence electrons. The van der Waals surface area contributed by atoms with Gasteiger partial charge in [-0.3, -0.25) is 9.35 Å². The minimum atomic E-state index is -4.37. The van der Waals surface area contributed by atoms with Gasteiger partial charge in [0.2, 0.25) is 0 Å². The van der Waals surface area contributed by atoms with E-state index in [1.54, 1.807) is 6.92 Å². The van der Waals surface area contributed by atoms with Gasteiger partial charge in [-0.15, -0.1) is 0 Å². The summed E-state index contributed by atoms with van der Waals surface area (Å²) in [4.78, 5) is 12.2. The molecule has 4 fully saturated rings. The summed E-state index contributed by atoms with van der Waals surface area (Å²) in [5, 5.41) is 0. The van der Waals surface area contributed by atoms with E-state index in [1.807, 2.05) is 0 Å². The Morgan fingerprint density at radius 1 is 0.963 bits per heavy atom. The minimum Gasteiger partial charge on any atom is -0.300 e. The molecule has 0 amide bonds. The van der Waals surface area contributed by atoms with E-state index in [9.17, 15) is 13.2 Å². The van der Waals surface area contributed by atoms with Crippen molar-refractivity contribution in [1.82, 2.24) is 0 Å². The van der Waals surface area contributed by atoms with Gasteiger partial charge in [0, 0.05) is 5.92 Å². The zero-order valence-electron chi connectivity index (χ0n) is 16.8.